The highest BCUT2D eigenvalue weighted by molar-refractivity contribution is 5.80. The summed E-state index contributed by atoms with van der Waals surface area (Å²) in [4.78, 5) is 4.71. The second kappa shape index (κ2) is 9.77. The minimum absolute atomic E-state index is 0.339. The molecule has 1 atom stereocenters. The molecule has 0 fully saturated rings. The van der Waals surface area contributed by atoms with Crippen LogP contribution in [0.3, 0.4) is 0 Å². The van der Waals surface area contributed by atoms with E-state index >= 15 is 0 Å². The van der Waals surface area contributed by atoms with Gasteiger partial charge in [-0.3, -0.25) is 0 Å². The summed E-state index contributed by atoms with van der Waals surface area (Å²) in [5.41, 5.74) is 1.14. The predicted molar refractivity (Wildman–Crippen MR) is 102 cm³/mol. The molecule has 2 rings (SSSR count). The number of hydrogen-bond donors (Lipinski definition) is 2. The van der Waals surface area contributed by atoms with Gasteiger partial charge in [-0.1, -0.05) is 26.0 Å². The third kappa shape index (κ3) is 6.53. The lowest BCUT2D eigenvalue weighted by atomic mass is 10.1. The Balaban J connectivity index is 1.95. The number of benzene rings is 1. The topological polar surface area (TPSA) is 58.8 Å². The van der Waals surface area contributed by atoms with Crippen LogP contribution in [-0.2, 0) is 13.0 Å². The van der Waals surface area contributed by atoms with E-state index in [2.05, 4.69) is 31.4 Å². The molecule has 1 aromatic carbocycles. The summed E-state index contributed by atoms with van der Waals surface area (Å²) in [6, 6.07) is 12.2. The monoisotopic (exact) mass is 343 g/mol. The van der Waals surface area contributed by atoms with Gasteiger partial charge in [-0.15, -0.1) is 0 Å². The van der Waals surface area contributed by atoms with E-state index in [-0.39, 0.29) is 0 Å². The standard InChI is InChI=1S/C20H29N3O2/c1-15(2)16(3)23-20(21-12-11-19-6-5-13-25-19)22-14-17-7-9-18(24-4)10-8-17/h5-10,13,15-16H,11-12,14H2,1-4H3,(H2,21,22,23). The Kier molecular flexibility index (Phi) is 7.38. The molecule has 0 amide bonds. The maximum absolute atomic E-state index is 5.37. The minimum atomic E-state index is 0.339. The molecule has 0 aliphatic rings. The Morgan fingerprint density at radius 2 is 1.92 bits per heavy atom. The van der Waals surface area contributed by atoms with Crippen molar-refractivity contribution in [3.63, 3.8) is 0 Å². The largest absolute Gasteiger partial charge is 0.497 e. The molecular weight excluding hydrogens is 314 g/mol. The molecule has 5 nitrogen and oxygen atoms in total. The molecule has 0 saturated carbocycles. The first-order chi connectivity index (χ1) is 12.1. The quantitative estimate of drug-likeness (QED) is 0.568. The lowest BCUT2D eigenvalue weighted by Crippen LogP contribution is -2.44. The number of hydrogen-bond acceptors (Lipinski definition) is 3. The minimum Gasteiger partial charge on any atom is -0.497 e. The van der Waals surface area contributed by atoms with E-state index in [1.165, 1.54) is 0 Å². The molecule has 1 aromatic heterocycles. The molecule has 0 radical (unpaired) electrons. The van der Waals surface area contributed by atoms with Crippen molar-refractivity contribution in [3.8, 4) is 5.75 Å². The van der Waals surface area contributed by atoms with Crippen LogP contribution in [0.5, 0.6) is 5.75 Å². The van der Waals surface area contributed by atoms with Gasteiger partial charge < -0.3 is 19.8 Å². The number of aliphatic imine (C=N–C) groups is 1. The van der Waals surface area contributed by atoms with Crippen LogP contribution < -0.4 is 15.4 Å². The maximum Gasteiger partial charge on any atom is 0.191 e. The molecule has 0 bridgehead atoms. The highest BCUT2D eigenvalue weighted by atomic mass is 16.5. The van der Waals surface area contributed by atoms with Crippen LogP contribution in [0.2, 0.25) is 0 Å². The lowest BCUT2D eigenvalue weighted by molar-refractivity contribution is 0.414. The first kappa shape index (κ1) is 18.9. The van der Waals surface area contributed by atoms with Gasteiger partial charge in [0, 0.05) is 19.0 Å². The van der Waals surface area contributed by atoms with Crippen molar-refractivity contribution in [1.29, 1.82) is 0 Å². The molecule has 0 aliphatic heterocycles. The molecule has 136 valence electrons. The fraction of sp³-hybridized carbons (Fsp3) is 0.450. The highest BCUT2D eigenvalue weighted by Crippen LogP contribution is 2.12. The predicted octanol–water partition coefficient (Wildman–Crippen LogP) is 3.61. The summed E-state index contributed by atoms with van der Waals surface area (Å²) in [5.74, 6) is 3.18. The number of ether oxygens (including phenoxy) is 1. The van der Waals surface area contributed by atoms with Crippen LogP contribution in [0.15, 0.2) is 52.1 Å². The summed E-state index contributed by atoms with van der Waals surface area (Å²) in [7, 11) is 1.67. The van der Waals surface area contributed by atoms with Crippen LogP contribution in [0.1, 0.15) is 32.1 Å². The fourth-order valence-electron chi connectivity index (χ4n) is 2.20. The molecule has 2 aromatic rings. The van der Waals surface area contributed by atoms with Gasteiger partial charge in [0.2, 0.25) is 0 Å². The van der Waals surface area contributed by atoms with Gasteiger partial charge in [0.15, 0.2) is 5.96 Å². The van der Waals surface area contributed by atoms with Crippen LogP contribution in [0.4, 0.5) is 0 Å². The molecule has 0 aliphatic carbocycles. The third-order valence-electron chi connectivity index (χ3n) is 4.19. The zero-order valence-corrected chi connectivity index (χ0v) is 15.6. The maximum atomic E-state index is 5.37. The van der Waals surface area contributed by atoms with Crippen LogP contribution >= 0.6 is 0 Å². The number of rotatable bonds is 8. The average Bonchev–Trinajstić information content (AvgIpc) is 3.13. The lowest BCUT2D eigenvalue weighted by Gasteiger charge is -2.21. The highest BCUT2D eigenvalue weighted by Gasteiger charge is 2.09. The number of nitrogens with zero attached hydrogens (tertiary/aromatic N) is 1. The van der Waals surface area contributed by atoms with E-state index in [9.17, 15) is 0 Å². The second-order valence-corrected chi connectivity index (χ2v) is 6.45. The Labute approximate surface area is 150 Å². The van der Waals surface area contributed by atoms with Crippen LogP contribution in [0, 0.1) is 5.92 Å². The SMILES string of the molecule is COc1ccc(CN=C(NCCc2ccco2)NC(C)C(C)C)cc1. The molecule has 0 saturated heterocycles. The first-order valence-corrected chi connectivity index (χ1v) is 8.78. The molecular formula is C20H29N3O2. The van der Waals surface area contributed by atoms with Gasteiger partial charge in [0.05, 0.1) is 19.9 Å². The van der Waals surface area contributed by atoms with Crippen molar-refractivity contribution >= 4 is 5.96 Å². The summed E-state index contributed by atoms with van der Waals surface area (Å²) in [5, 5.41) is 6.86. The summed E-state index contributed by atoms with van der Waals surface area (Å²) in [6.07, 6.45) is 2.53. The molecule has 1 heterocycles. The Bertz CT molecular complexity index is 633. The summed E-state index contributed by atoms with van der Waals surface area (Å²) in [6.45, 7) is 7.95. The van der Waals surface area contributed by atoms with Crippen molar-refractivity contribution in [3.05, 3.63) is 54.0 Å². The normalized spacial score (nSPS) is 12.9. The number of guanidine groups is 1. The second-order valence-electron chi connectivity index (χ2n) is 6.45. The average molecular weight is 343 g/mol. The number of furan rings is 1. The Hall–Kier alpha value is -2.43. The van der Waals surface area contributed by atoms with Crippen molar-refractivity contribution < 1.29 is 9.15 Å². The van der Waals surface area contributed by atoms with Crippen molar-refractivity contribution in [2.45, 2.75) is 39.8 Å². The van der Waals surface area contributed by atoms with E-state index in [0.717, 1.165) is 36.0 Å². The van der Waals surface area contributed by atoms with Crippen LogP contribution in [-0.4, -0.2) is 25.7 Å². The van der Waals surface area contributed by atoms with Gasteiger partial charge >= 0.3 is 0 Å². The molecule has 1 unspecified atom stereocenters. The molecule has 25 heavy (non-hydrogen) atoms. The van der Waals surface area contributed by atoms with Gasteiger partial charge in [0.1, 0.15) is 11.5 Å². The Morgan fingerprint density at radius 1 is 1.16 bits per heavy atom. The zero-order chi connectivity index (χ0) is 18.1. The smallest absolute Gasteiger partial charge is 0.191 e. The third-order valence-corrected chi connectivity index (χ3v) is 4.19. The Morgan fingerprint density at radius 3 is 2.52 bits per heavy atom. The summed E-state index contributed by atoms with van der Waals surface area (Å²) < 4.78 is 10.6. The zero-order valence-electron chi connectivity index (χ0n) is 15.6. The van der Waals surface area contributed by atoms with E-state index in [4.69, 9.17) is 14.1 Å². The first-order valence-electron chi connectivity index (χ1n) is 8.78. The van der Waals surface area contributed by atoms with Gasteiger partial charge in [-0.05, 0) is 42.7 Å². The van der Waals surface area contributed by atoms with E-state index in [1.807, 2.05) is 36.4 Å². The van der Waals surface area contributed by atoms with Crippen molar-refractivity contribution in [2.24, 2.45) is 10.9 Å². The van der Waals surface area contributed by atoms with E-state index in [1.54, 1.807) is 13.4 Å². The molecule has 2 N–H and O–H groups in total. The molecule has 0 spiro atoms. The number of nitrogens with one attached hydrogen (secondary N) is 2. The van der Waals surface area contributed by atoms with Crippen molar-refractivity contribution in [1.82, 2.24) is 10.6 Å². The number of methoxy groups -OCH3 is 1. The van der Waals surface area contributed by atoms with E-state index < -0.39 is 0 Å². The fourth-order valence-corrected chi connectivity index (χ4v) is 2.20. The summed E-state index contributed by atoms with van der Waals surface area (Å²) >= 11 is 0. The van der Waals surface area contributed by atoms with Gasteiger partial charge in [-0.25, -0.2) is 4.99 Å². The van der Waals surface area contributed by atoms with Crippen LogP contribution in [0.25, 0.3) is 0 Å². The van der Waals surface area contributed by atoms with Gasteiger partial charge in [-0.2, -0.15) is 0 Å². The van der Waals surface area contributed by atoms with Crippen molar-refractivity contribution in [2.75, 3.05) is 13.7 Å². The van der Waals surface area contributed by atoms with E-state index in [0.29, 0.717) is 18.5 Å². The van der Waals surface area contributed by atoms with Gasteiger partial charge in [0.25, 0.3) is 0 Å². The molecule has 5 heteroatoms.